The molecular weight excluding hydrogens is 236 g/mol. The topological polar surface area (TPSA) is 24.5 Å². The highest BCUT2D eigenvalue weighted by atomic mass is 16.5. The molecule has 1 fully saturated rings. The highest BCUT2D eigenvalue weighted by molar-refractivity contribution is 5.71. The molecule has 1 aliphatic carbocycles. The summed E-state index contributed by atoms with van der Waals surface area (Å²) >= 11 is 0. The van der Waals surface area contributed by atoms with Crippen LogP contribution in [-0.2, 0) is 4.74 Å². The number of anilines is 2. The maximum Gasteiger partial charge on any atom is 0.0604 e. The van der Waals surface area contributed by atoms with Crippen LogP contribution in [0, 0.1) is 0 Å². The third-order valence-electron chi connectivity index (χ3n) is 4.48. The maximum atomic E-state index is 5.59. The van der Waals surface area contributed by atoms with Crippen LogP contribution in [-0.4, -0.2) is 32.3 Å². The molecule has 1 heterocycles. The van der Waals surface area contributed by atoms with Crippen molar-refractivity contribution in [1.29, 1.82) is 0 Å². The van der Waals surface area contributed by atoms with Crippen LogP contribution >= 0.6 is 0 Å². The molecule has 19 heavy (non-hydrogen) atoms. The van der Waals surface area contributed by atoms with Crippen molar-refractivity contribution < 1.29 is 4.74 Å². The molecule has 0 spiro atoms. The van der Waals surface area contributed by atoms with Crippen LogP contribution in [0.25, 0.3) is 0 Å². The van der Waals surface area contributed by atoms with Crippen molar-refractivity contribution in [3.8, 4) is 0 Å². The van der Waals surface area contributed by atoms with Gasteiger partial charge in [0.25, 0.3) is 0 Å². The standard InChI is InChI=1S/C16H24N2O/c1-19-14-7-4-6-13(12-14)18-11-5-10-17-15-8-2-3-9-16(15)18/h2-3,8-9,13-14,17H,4-7,10-12H2,1H3. The maximum absolute atomic E-state index is 5.59. The number of hydrogen-bond donors (Lipinski definition) is 1. The second-order valence-electron chi connectivity index (χ2n) is 5.67. The summed E-state index contributed by atoms with van der Waals surface area (Å²) in [6.45, 7) is 2.24. The quantitative estimate of drug-likeness (QED) is 0.883. The molecule has 2 aliphatic rings. The molecule has 3 nitrogen and oxygen atoms in total. The van der Waals surface area contributed by atoms with Crippen LogP contribution in [0.2, 0.25) is 0 Å². The van der Waals surface area contributed by atoms with E-state index in [0.717, 1.165) is 13.1 Å². The fraction of sp³-hybridized carbons (Fsp3) is 0.625. The summed E-state index contributed by atoms with van der Waals surface area (Å²) in [5.74, 6) is 0. The Kier molecular flexibility index (Phi) is 3.92. The van der Waals surface area contributed by atoms with E-state index in [9.17, 15) is 0 Å². The van der Waals surface area contributed by atoms with Crippen LogP contribution < -0.4 is 10.2 Å². The van der Waals surface area contributed by atoms with Crippen molar-refractivity contribution in [2.75, 3.05) is 30.4 Å². The van der Waals surface area contributed by atoms with Gasteiger partial charge in [0.05, 0.1) is 17.5 Å². The Balaban J connectivity index is 1.83. The van der Waals surface area contributed by atoms with Crippen LogP contribution in [0.4, 0.5) is 11.4 Å². The molecule has 104 valence electrons. The second-order valence-corrected chi connectivity index (χ2v) is 5.67. The van der Waals surface area contributed by atoms with Gasteiger partial charge in [-0.3, -0.25) is 0 Å². The van der Waals surface area contributed by atoms with Crippen molar-refractivity contribution in [3.05, 3.63) is 24.3 Å². The number of rotatable bonds is 2. The Bertz CT molecular complexity index is 421. The first kappa shape index (κ1) is 12.8. The van der Waals surface area contributed by atoms with E-state index in [2.05, 4.69) is 34.5 Å². The minimum atomic E-state index is 0.446. The Morgan fingerprint density at radius 1 is 1.21 bits per heavy atom. The van der Waals surface area contributed by atoms with Crippen molar-refractivity contribution in [2.45, 2.75) is 44.2 Å². The first-order chi connectivity index (χ1) is 9.38. The first-order valence-corrected chi connectivity index (χ1v) is 7.51. The summed E-state index contributed by atoms with van der Waals surface area (Å²) in [5, 5.41) is 3.55. The average Bonchev–Trinajstić information content (AvgIpc) is 2.69. The lowest BCUT2D eigenvalue weighted by Crippen LogP contribution is -2.41. The number of hydrogen-bond acceptors (Lipinski definition) is 3. The highest BCUT2D eigenvalue weighted by Crippen LogP contribution is 2.34. The predicted molar refractivity (Wildman–Crippen MR) is 79.9 cm³/mol. The van der Waals surface area contributed by atoms with E-state index >= 15 is 0 Å². The van der Waals surface area contributed by atoms with E-state index in [1.807, 2.05) is 7.11 Å². The molecule has 1 aromatic rings. The van der Waals surface area contributed by atoms with Gasteiger partial charge in [-0.15, -0.1) is 0 Å². The van der Waals surface area contributed by atoms with Gasteiger partial charge in [-0.25, -0.2) is 0 Å². The van der Waals surface area contributed by atoms with Crippen LogP contribution in [0.15, 0.2) is 24.3 Å². The molecule has 0 saturated heterocycles. The third-order valence-corrected chi connectivity index (χ3v) is 4.48. The lowest BCUT2D eigenvalue weighted by Gasteiger charge is -2.38. The summed E-state index contributed by atoms with van der Waals surface area (Å²) in [6, 6.07) is 9.36. The van der Waals surface area contributed by atoms with Crippen molar-refractivity contribution >= 4 is 11.4 Å². The van der Waals surface area contributed by atoms with E-state index < -0.39 is 0 Å². The van der Waals surface area contributed by atoms with E-state index in [1.54, 1.807) is 0 Å². The molecule has 3 heteroatoms. The zero-order valence-corrected chi connectivity index (χ0v) is 11.8. The monoisotopic (exact) mass is 260 g/mol. The predicted octanol–water partition coefficient (Wildman–Crippen LogP) is 3.27. The van der Waals surface area contributed by atoms with Gasteiger partial charge in [0.2, 0.25) is 0 Å². The van der Waals surface area contributed by atoms with Gasteiger partial charge >= 0.3 is 0 Å². The van der Waals surface area contributed by atoms with E-state index in [1.165, 1.54) is 43.5 Å². The van der Waals surface area contributed by atoms with Gasteiger partial charge in [0, 0.05) is 26.2 Å². The molecule has 2 atom stereocenters. The molecule has 1 N–H and O–H groups in total. The molecule has 0 radical (unpaired) electrons. The molecular formula is C16H24N2O. The normalized spacial score (nSPS) is 27.3. The number of ether oxygens (including phenoxy) is 1. The van der Waals surface area contributed by atoms with Crippen LogP contribution in [0.1, 0.15) is 32.1 Å². The number of methoxy groups -OCH3 is 1. The van der Waals surface area contributed by atoms with Gasteiger partial charge in [0.15, 0.2) is 0 Å². The van der Waals surface area contributed by atoms with Gasteiger partial charge in [-0.1, -0.05) is 12.1 Å². The van der Waals surface area contributed by atoms with Crippen molar-refractivity contribution in [3.63, 3.8) is 0 Å². The largest absolute Gasteiger partial charge is 0.383 e. The smallest absolute Gasteiger partial charge is 0.0604 e. The van der Waals surface area contributed by atoms with Crippen molar-refractivity contribution in [2.24, 2.45) is 0 Å². The summed E-state index contributed by atoms with van der Waals surface area (Å²) < 4.78 is 5.59. The fourth-order valence-electron chi connectivity index (χ4n) is 3.46. The number of nitrogens with zero attached hydrogens (tertiary/aromatic N) is 1. The number of para-hydroxylation sites is 2. The van der Waals surface area contributed by atoms with Gasteiger partial charge in [0.1, 0.15) is 0 Å². The molecule has 0 aromatic heterocycles. The SMILES string of the molecule is COC1CCCC(N2CCCNc3ccccc32)C1. The number of benzene rings is 1. The van der Waals surface area contributed by atoms with Crippen molar-refractivity contribution in [1.82, 2.24) is 0 Å². The van der Waals surface area contributed by atoms with E-state index in [0.29, 0.717) is 12.1 Å². The second kappa shape index (κ2) is 5.83. The van der Waals surface area contributed by atoms with Gasteiger partial charge in [-0.2, -0.15) is 0 Å². The fourth-order valence-corrected chi connectivity index (χ4v) is 3.46. The summed E-state index contributed by atoms with van der Waals surface area (Å²) in [4.78, 5) is 2.61. The van der Waals surface area contributed by atoms with Gasteiger partial charge < -0.3 is 15.0 Å². The summed E-state index contributed by atoms with van der Waals surface area (Å²) in [5.41, 5.74) is 2.67. The number of fused-ring (bicyclic) bond motifs is 1. The Hall–Kier alpha value is -1.22. The molecule has 2 unspecified atom stereocenters. The molecule has 1 saturated carbocycles. The molecule has 0 amide bonds. The minimum Gasteiger partial charge on any atom is -0.383 e. The lowest BCUT2D eigenvalue weighted by molar-refractivity contribution is 0.0631. The Morgan fingerprint density at radius 3 is 3.00 bits per heavy atom. The molecule has 0 bridgehead atoms. The number of nitrogens with one attached hydrogen (secondary N) is 1. The van der Waals surface area contributed by atoms with E-state index in [4.69, 9.17) is 4.74 Å². The third kappa shape index (κ3) is 2.71. The molecule has 1 aromatic carbocycles. The van der Waals surface area contributed by atoms with Crippen LogP contribution in [0.5, 0.6) is 0 Å². The zero-order valence-electron chi connectivity index (χ0n) is 11.8. The van der Waals surface area contributed by atoms with E-state index in [-0.39, 0.29) is 0 Å². The lowest BCUT2D eigenvalue weighted by atomic mass is 9.91. The molecule has 1 aliphatic heterocycles. The minimum absolute atomic E-state index is 0.446. The van der Waals surface area contributed by atoms with Gasteiger partial charge in [-0.05, 0) is 44.2 Å². The average molecular weight is 260 g/mol. The Morgan fingerprint density at radius 2 is 2.11 bits per heavy atom. The summed E-state index contributed by atoms with van der Waals surface area (Å²) in [6.07, 6.45) is 6.64. The first-order valence-electron chi connectivity index (χ1n) is 7.51. The summed E-state index contributed by atoms with van der Waals surface area (Å²) in [7, 11) is 1.85. The highest BCUT2D eigenvalue weighted by Gasteiger charge is 2.28. The zero-order chi connectivity index (χ0) is 13.1. The Labute approximate surface area is 115 Å². The molecule has 3 rings (SSSR count). The van der Waals surface area contributed by atoms with Crippen LogP contribution in [0.3, 0.4) is 0 Å².